The van der Waals surface area contributed by atoms with E-state index < -0.39 is 6.03 Å². The van der Waals surface area contributed by atoms with Crippen LogP contribution in [0.15, 0.2) is 11.1 Å². The number of aryl methyl sites for hydroxylation is 1. The minimum Gasteiger partial charge on any atom is -0.490 e. The molecule has 0 saturated carbocycles. The standard InChI is InChI=1S/C16H26N4O3/c1-6-18-15(17)20-16(21)19-13-10(4)9-12(22-7-2)14(11(13)5)23-8-3/h9H,6-8H2,1-5H3,(H4,17,18,19,20,21). The maximum atomic E-state index is 12.0. The Labute approximate surface area is 137 Å². The average molecular weight is 322 g/mol. The van der Waals surface area contributed by atoms with Gasteiger partial charge in [0, 0.05) is 12.1 Å². The van der Waals surface area contributed by atoms with Crippen LogP contribution in [0.1, 0.15) is 31.9 Å². The first kappa shape index (κ1) is 18.6. The van der Waals surface area contributed by atoms with E-state index in [9.17, 15) is 4.79 Å². The number of rotatable bonds is 6. The summed E-state index contributed by atoms with van der Waals surface area (Å²) < 4.78 is 11.3. The number of ether oxygens (including phenoxy) is 2. The number of carbonyl (C=O) groups is 1. The molecule has 1 aromatic carbocycles. The van der Waals surface area contributed by atoms with Gasteiger partial charge in [0.15, 0.2) is 17.5 Å². The van der Waals surface area contributed by atoms with Crippen LogP contribution in [-0.4, -0.2) is 31.7 Å². The third-order valence-electron chi connectivity index (χ3n) is 3.08. The van der Waals surface area contributed by atoms with Gasteiger partial charge in [-0.15, -0.1) is 0 Å². The molecule has 0 aromatic heterocycles. The van der Waals surface area contributed by atoms with Gasteiger partial charge in [0.1, 0.15) is 0 Å². The van der Waals surface area contributed by atoms with E-state index in [2.05, 4.69) is 15.6 Å². The monoisotopic (exact) mass is 322 g/mol. The first-order valence-corrected chi connectivity index (χ1v) is 7.72. The van der Waals surface area contributed by atoms with Crippen LogP contribution in [0.25, 0.3) is 0 Å². The van der Waals surface area contributed by atoms with Gasteiger partial charge in [-0.1, -0.05) is 0 Å². The van der Waals surface area contributed by atoms with Crippen molar-refractivity contribution in [2.75, 3.05) is 25.1 Å². The number of benzene rings is 1. The number of hydrogen-bond donors (Lipinski definition) is 3. The molecule has 0 radical (unpaired) electrons. The number of amides is 2. The van der Waals surface area contributed by atoms with Crippen molar-refractivity contribution >= 4 is 17.7 Å². The van der Waals surface area contributed by atoms with Gasteiger partial charge < -0.3 is 20.5 Å². The highest BCUT2D eigenvalue weighted by Gasteiger charge is 2.17. The van der Waals surface area contributed by atoms with E-state index in [1.807, 2.05) is 40.7 Å². The van der Waals surface area contributed by atoms with Crippen molar-refractivity contribution in [3.05, 3.63) is 17.2 Å². The topological polar surface area (TPSA) is 98.0 Å². The molecule has 23 heavy (non-hydrogen) atoms. The number of nitrogens with zero attached hydrogens (tertiary/aromatic N) is 1. The molecule has 1 rings (SSSR count). The van der Waals surface area contributed by atoms with Crippen LogP contribution < -0.4 is 25.8 Å². The summed E-state index contributed by atoms with van der Waals surface area (Å²) in [4.78, 5) is 15.9. The minimum atomic E-state index is -0.447. The number of urea groups is 1. The van der Waals surface area contributed by atoms with E-state index in [1.165, 1.54) is 0 Å². The molecule has 0 saturated heterocycles. The SMILES string of the molecule is CCN=C(N)NC(=O)Nc1c(C)cc(OCC)c(OCC)c1C. The smallest absolute Gasteiger partial charge is 0.326 e. The maximum Gasteiger partial charge on any atom is 0.326 e. The van der Waals surface area contributed by atoms with Crippen molar-refractivity contribution in [3.8, 4) is 11.5 Å². The van der Waals surface area contributed by atoms with E-state index in [0.717, 1.165) is 11.1 Å². The van der Waals surface area contributed by atoms with Gasteiger partial charge in [0.25, 0.3) is 0 Å². The Morgan fingerprint density at radius 3 is 2.43 bits per heavy atom. The van der Waals surface area contributed by atoms with E-state index in [4.69, 9.17) is 15.2 Å². The van der Waals surface area contributed by atoms with E-state index in [-0.39, 0.29) is 5.96 Å². The molecule has 7 heteroatoms. The van der Waals surface area contributed by atoms with E-state index in [0.29, 0.717) is 36.9 Å². The van der Waals surface area contributed by atoms with Crippen LogP contribution in [0.3, 0.4) is 0 Å². The average Bonchev–Trinajstić information content (AvgIpc) is 2.48. The Morgan fingerprint density at radius 1 is 1.22 bits per heavy atom. The first-order chi connectivity index (χ1) is 10.9. The second-order valence-corrected chi connectivity index (χ2v) is 4.83. The molecule has 0 aliphatic heterocycles. The van der Waals surface area contributed by atoms with Gasteiger partial charge in [-0.2, -0.15) is 0 Å². The van der Waals surface area contributed by atoms with Gasteiger partial charge in [-0.3, -0.25) is 10.3 Å². The largest absolute Gasteiger partial charge is 0.490 e. The summed E-state index contributed by atoms with van der Waals surface area (Å²) in [5, 5.41) is 5.27. The zero-order chi connectivity index (χ0) is 17.4. The third-order valence-corrected chi connectivity index (χ3v) is 3.08. The summed E-state index contributed by atoms with van der Waals surface area (Å²) in [6.07, 6.45) is 0. The zero-order valence-corrected chi connectivity index (χ0v) is 14.4. The predicted octanol–water partition coefficient (Wildman–Crippen LogP) is 2.56. The second kappa shape index (κ2) is 8.87. The van der Waals surface area contributed by atoms with Gasteiger partial charge in [0.05, 0.1) is 18.9 Å². The number of guanidine groups is 1. The summed E-state index contributed by atoms with van der Waals surface area (Å²) in [5.41, 5.74) is 7.93. The maximum absolute atomic E-state index is 12.0. The lowest BCUT2D eigenvalue weighted by molar-refractivity contribution is 0.256. The van der Waals surface area contributed by atoms with E-state index >= 15 is 0 Å². The van der Waals surface area contributed by atoms with Crippen molar-refractivity contribution in [3.63, 3.8) is 0 Å². The fourth-order valence-electron chi connectivity index (χ4n) is 2.18. The molecular weight excluding hydrogens is 296 g/mol. The summed E-state index contributed by atoms with van der Waals surface area (Å²) >= 11 is 0. The molecule has 0 heterocycles. The Balaban J connectivity index is 3.09. The molecule has 7 nitrogen and oxygen atoms in total. The molecule has 0 aliphatic carbocycles. The number of nitrogens with two attached hydrogens (primary N) is 1. The fraction of sp³-hybridized carbons (Fsp3) is 0.500. The van der Waals surface area contributed by atoms with Crippen molar-refractivity contribution in [1.29, 1.82) is 0 Å². The molecule has 128 valence electrons. The highest BCUT2D eigenvalue weighted by molar-refractivity contribution is 6.02. The number of carbonyl (C=O) groups excluding carboxylic acids is 1. The fourth-order valence-corrected chi connectivity index (χ4v) is 2.18. The third kappa shape index (κ3) is 5.05. The normalized spacial score (nSPS) is 11.1. The van der Waals surface area contributed by atoms with Crippen molar-refractivity contribution in [2.45, 2.75) is 34.6 Å². The molecule has 0 unspecified atom stereocenters. The summed E-state index contributed by atoms with van der Waals surface area (Å²) in [5.74, 6) is 1.38. The minimum absolute atomic E-state index is 0.0799. The quantitative estimate of drug-likeness (QED) is 0.554. The van der Waals surface area contributed by atoms with Crippen LogP contribution >= 0.6 is 0 Å². The van der Waals surface area contributed by atoms with Gasteiger partial charge in [0.2, 0.25) is 0 Å². The zero-order valence-electron chi connectivity index (χ0n) is 14.4. The first-order valence-electron chi connectivity index (χ1n) is 7.72. The Kier molecular flexibility index (Phi) is 7.18. The molecule has 0 atom stereocenters. The molecule has 1 aromatic rings. The van der Waals surface area contributed by atoms with E-state index in [1.54, 1.807) is 0 Å². The van der Waals surface area contributed by atoms with Crippen LogP contribution in [0.2, 0.25) is 0 Å². The van der Waals surface area contributed by atoms with Gasteiger partial charge in [-0.25, -0.2) is 4.79 Å². The second-order valence-electron chi connectivity index (χ2n) is 4.83. The lowest BCUT2D eigenvalue weighted by Gasteiger charge is -2.19. The van der Waals surface area contributed by atoms with Crippen LogP contribution in [-0.2, 0) is 0 Å². The Morgan fingerprint density at radius 2 is 1.87 bits per heavy atom. The summed E-state index contributed by atoms with van der Waals surface area (Å²) in [6.45, 7) is 11.0. The summed E-state index contributed by atoms with van der Waals surface area (Å²) in [7, 11) is 0. The molecule has 0 spiro atoms. The molecule has 0 aliphatic rings. The van der Waals surface area contributed by atoms with Crippen molar-refractivity contribution in [2.24, 2.45) is 10.7 Å². The number of anilines is 1. The van der Waals surface area contributed by atoms with Gasteiger partial charge >= 0.3 is 6.03 Å². The highest BCUT2D eigenvalue weighted by Crippen LogP contribution is 2.38. The van der Waals surface area contributed by atoms with Crippen LogP contribution in [0, 0.1) is 13.8 Å². The predicted molar refractivity (Wildman–Crippen MR) is 92.6 cm³/mol. The van der Waals surface area contributed by atoms with Crippen LogP contribution in [0.4, 0.5) is 10.5 Å². The molecular formula is C16H26N4O3. The van der Waals surface area contributed by atoms with Crippen molar-refractivity contribution < 1.29 is 14.3 Å². The highest BCUT2D eigenvalue weighted by atomic mass is 16.5. The number of nitrogens with one attached hydrogen (secondary N) is 2. The van der Waals surface area contributed by atoms with Crippen LogP contribution in [0.5, 0.6) is 11.5 Å². The Hall–Kier alpha value is -2.44. The molecule has 0 bridgehead atoms. The lowest BCUT2D eigenvalue weighted by atomic mass is 10.1. The summed E-state index contributed by atoms with van der Waals surface area (Å²) in [6, 6.07) is 1.40. The molecule has 4 N–H and O–H groups in total. The Bertz CT molecular complexity index is 585. The lowest BCUT2D eigenvalue weighted by Crippen LogP contribution is -2.39. The molecule has 2 amide bonds. The van der Waals surface area contributed by atoms with Gasteiger partial charge in [-0.05, 0) is 46.2 Å². The number of aliphatic imine (C=N–C) groups is 1. The van der Waals surface area contributed by atoms with Crippen molar-refractivity contribution in [1.82, 2.24) is 5.32 Å². The number of hydrogen-bond acceptors (Lipinski definition) is 4. The molecule has 0 fully saturated rings.